The Morgan fingerprint density at radius 3 is 2.64 bits per heavy atom. The van der Waals surface area contributed by atoms with Crippen molar-refractivity contribution in [1.82, 2.24) is 9.88 Å². The van der Waals surface area contributed by atoms with Gasteiger partial charge < -0.3 is 9.64 Å². The number of ether oxygens (including phenoxy) is 1. The number of likely N-dealkylation sites (tertiary alicyclic amines) is 1. The van der Waals surface area contributed by atoms with Gasteiger partial charge in [-0.25, -0.2) is 0 Å². The smallest absolute Gasteiger partial charge is 0.387 e. The van der Waals surface area contributed by atoms with Crippen molar-refractivity contribution in [2.75, 3.05) is 24.5 Å². The highest BCUT2D eigenvalue weighted by molar-refractivity contribution is 5.95. The number of alkyl halides is 2. The van der Waals surface area contributed by atoms with Crippen LogP contribution < -0.4 is 9.64 Å². The quantitative estimate of drug-likeness (QED) is 0.790. The number of nitrogens with zero attached hydrogens (tertiary/aromatic N) is 4. The molecule has 3 heterocycles. The molecular formula is C21H24F2N4O. The Kier molecular flexibility index (Phi) is 5.31. The van der Waals surface area contributed by atoms with Gasteiger partial charge in [-0.05, 0) is 57.4 Å². The number of benzene rings is 1. The van der Waals surface area contributed by atoms with Crippen LogP contribution in [0.3, 0.4) is 0 Å². The van der Waals surface area contributed by atoms with E-state index in [9.17, 15) is 14.0 Å². The summed E-state index contributed by atoms with van der Waals surface area (Å²) in [4.78, 5) is 9.13. The van der Waals surface area contributed by atoms with Crippen molar-refractivity contribution >= 4 is 16.6 Å². The van der Waals surface area contributed by atoms with Crippen molar-refractivity contribution in [2.24, 2.45) is 0 Å². The summed E-state index contributed by atoms with van der Waals surface area (Å²) in [5.74, 6) is 0.0846. The Bertz CT molecular complexity index is 890. The molecule has 1 aromatic heterocycles. The fourth-order valence-electron chi connectivity index (χ4n) is 4.68. The number of hydrogen-bond donors (Lipinski definition) is 0. The number of nitriles is 1. The number of pyridine rings is 1. The number of halogens is 2. The maximum atomic E-state index is 12.6. The van der Waals surface area contributed by atoms with Crippen LogP contribution in [0.1, 0.15) is 38.2 Å². The van der Waals surface area contributed by atoms with Gasteiger partial charge in [0.05, 0.1) is 16.8 Å². The molecule has 0 amide bonds. The van der Waals surface area contributed by atoms with E-state index >= 15 is 0 Å². The molecule has 0 saturated carbocycles. The SMILES string of the molecule is CC1CCCN1C1CCN(c2c(C#N)cnc3ccc(OC(F)F)cc23)CC1. The van der Waals surface area contributed by atoms with Crippen LogP contribution in [0.25, 0.3) is 10.9 Å². The number of piperidine rings is 1. The average Bonchev–Trinajstić information content (AvgIpc) is 3.12. The van der Waals surface area contributed by atoms with Crippen molar-refractivity contribution in [3.8, 4) is 11.8 Å². The molecule has 0 spiro atoms. The van der Waals surface area contributed by atoms with E-state index in [1.807, 2.05) is 0 Å². The van der Waals surface area contributed by atoms with Crippen molar-refractivity contribution < 1.29 is 13.5 Å². The molecular weight excluding hydrogens is 362 g/mol. The molecule has 28 heavy (non-hydrogen) atoms. The topological polar surface area (TPSA) is 52.4 Å². The van der Waals surface area contributed by atoms with Gasteiger partial charge in [0.1, 0.15) is 11.8 Å². The molecule has 0 bridgehead atoms. The monoisotopic (exact) mass is 386 g/mol. The maximum Gasteiger partial charge on any atom is 0.387 e. The van der Waals surface area contributed by atoms with E-state index < -0.39 is 6.61 Å². The Hall–Kier alpha value is -2.46. The summed E-state index contributed by atoms with van der Waals surface area (Å²) in [7, 11) is 0. The summed E-state index contributed by atoms with van der Waals surface area (Å²) < 4.78 is 29.8. The lowest BCUT2D eigenvalue weighted by Gasteiger charge is -2.40. The van der Waals surface area contributed by atoms with E-state index in [2.05, 4.69) is 32.5 Å². The molecule has 1 unspecified atom stereocenters. The first-order chi connectivity index (χ1) is 13.6. The van der Waals surface area contributed by atoms with Gasteiger partial charge in [0.2, 0.25) is 0 Å². The second kappa shape index (κ2) is 7.88. The van der Waals surface area contributed by atoms with Gasteiger partial charge in [-0.2, -0.15) is 14.0 Å². The molecule has 0 aliphatic carbocycles. The lowest BCUT2D eigenvalue weighted by molar-refractivity contribution is -0.0497. The molecule has 0 N–H and O–H groups in total. The largest absolute Gasteiger partial charge is 0.435 e. The molecule has 1 aromatic carbocycles. The third-order valence-corrected chi connectivity index (χ3v) is 6.01. The van der Waals surface area contributed by atoms with E-state index in [0.29, 0.717) is 28.6 Å². The predicted octanol–water partition coefficient (Wildman–Crippen LogP) is 4.16. The van der Waals surface area contributed by atoms with Crippen LogP contribution in [0.15, 0.2) is 24.4 Å². The molecule has 1 atom stereocenters. The van der Waals surface area contributed by atoms with Crippen molar-refractivity contribution in [2.45, 2.75) is 51.3 Å². The van der Waals surface area contributed by atoms with Gasteiger partial charge >= 0.3 is 6.61 Å². The van der Waals surface area contributed by atoms with Gasteiger partial charge in [-0.1, -0.05) is 0 Å². The fraction of sp³-hybridized carbons (Fsp3) is 0.524. The first-order valence-electron chi connectivity index (χ1n) is 9.85. The van der Waals surface area contributed by atoms with Gasteiger partial charge in [-0.15, -0.1) is 0 Å². The van der Waals surface area contributed by atoms with Crippen LogP contribution in [0.4, 0.5) is 14.5 Å². The minimum Gasteiger partial charge on any atom is -0.435 e. The molecule has 2 aromatic rings. The Balaban J connectivity index is 1.63. The van der Waals surface area contributed by atoms with E-state index in [0.717, 1.165) is 31.6 Å². The number of aromatic nitrogens is 1. The minimum atomic E-state index is -2.88. The summed E-state index contributed by atoms with van der Waals surface area (Å²) in [6.45, 7) is 2.25. The molecule has 2 aliphatic rings. The van der Waals surface area contributed by atoms with E-state index in [4.69, 9.17) is 0 Å². The molecule has 148 valence electrons. The number of fused-ring (bicyclic) bond motifs is 1. The maximum absolute atomic E-state index is 12.6. The standard InChI is InChI=1S/C21H24F2N4O/c1-14-3-2-8-27(14)16-6-9-26(10-7-16)20-15(12-24)13-25-19-5-4-17(11-18(19)20)28-21(22)23/h4-5,11,13-14,16,21H,2-3,6-10H2,1H3. The Labute approximate surface area is 163 Å². The third-order valence-electron chi connectivity index (χ3n) is 6.01. The lowest BCUT2D eigenvalue weighted by Crippen LogP contribution is -2.46. The van der Waals surface area contributed by atoms with Gasteiger partial charge in [0.25, 0.3) is 0 Å². The van der Waals surface area contributed by atoms with Crippen molar-refractivity contribution in [3.63, 3.8) is 0 Å². The minimum absolute atomic E-state index is 0.0846. The van der Waals surface area contributed by atoms with Crippen molar-refractivity contribution in [1.29, 1.82) is 5.26 Å². The second-order valence-corrected chi connectivity index (χ2v) is 7.64. The lowest BCUT2D eigenvalue weighted by atomic mass is 9.99. The van der Waals surface area contributed by atoms with E-state index in [1.54, 1.807) is 18.3 Å². The molecule has 7 heteroatoms. The highest BCUT2D eigenvalue weighted by Crippen LogP contribution is 2.35. The number of hydrogen-bond acceptors (Lipinski definition) is 5. The third kappa shape index (κ3) is 3.61. The molecule has 2 fully saturated rings. The summed E-state index contributed by atoms with van der Waals surface area (Å²) in [5, 5.41) is 10.3. The van der Waals surface area contributed by atoms with Crippen LogP contribution in [0.2, 0.25) is 0 Å². The predicted molar refractivity (Wildman–Crippen MR) is 104 cm³/mol. The van der Waals surface area contributed by atoms with Crippen molar-refractivity contribution in [3.05, 3.63) is 30.0 Å². The average molecular weight is 386 g/mol. The molecule has 2 aliphatic heterocycles. The van der Waals surface area contributed by atoms with Gasteiger partial charge in [0, 0.05) is 36.8 Å². The van der Waals surface area contributed by atoms with Crippen LogP contribution in [-0.4, -0.2) is 48.2 Å². The zero-order valence-electron chi connectivity index (χ0n) is 15.9. The molecule has 2 saturated heterocycles. The number of rotatable bonds is 4. The first-order valence-corrected chi connectivity index (χ1v) is 9.85. The highest BCUT2D eigenvalue weighted by Gasteiger charge is 2.31. The van der Waals surface area contributed by atoms with Crippen LogP contribution in [-0.2, 0) is 0 Å². The summed E-state index contributed by atoms with van der Waals surface area (Å²) in [6.07, 6.45) is 6.17. The summed E-state index contributed by atoms with van der Waals surface area (Å²) >= 11 is 0. The Morgan fingerprint density at radius 2 is 2.00 bits per heavy atom. The second-order valence-electron chi connectivity index (χ2n) is 7.64. The summed E-state index contributed by atoms with van der Waals surface area (Å²) in [5.41, 5.74) is 1.92. The van der Waals surface area contributed by atoms with Gasteiger partial charge in [-0.3, -0.25) is 9.88 Å². The van der Waals surface area contributed by atoms with E-state index in [-0.39, 0.29) is 5.75 Å². The molecule has 4 rings (SSSR count). The fourth-order valence-corrected chi connectivity index (χ4v) is 4.68. The van der Waals surface area contributed by atoms with Crippen LogP contribution in [0, 0.1) is 11.3 Å². The summed E-state index contributed by atoms with van der Waals surface area (Å²) in [6, 6.07) is 8.15. The van der Waals surface area contributed by atoms with Crippen LogP contribution in [0.5, 0.6) is 5.75 Å². The number of anilines is 1. The van der Waals surface area contributed by atoms with Crippen LogP contribution >= 0.6 is 0 Å². The molecule has 0 radical (unpaired) electrons. The first kappa shape index (κ1) is 18.9. The molecule has 5 nitrogen and oxygen atoms in total. The van der Waals surface area contributed by atoms with E-state index in [1.165, 1.54) is 25.5 Å². The Morgan fingerprint density at radius 1 is 1.21 bits per heavy atom. The van der Waals surface area contributed by atoms with Gasteiger partial charge in [0.15, 0.2) is 0 Å². The zero-order valence-corrected chi connectivity index (χ0v) is 15.9. The highest BCUT2D eigenvalue weighted by atomic mass is 19.3. The zero-order chi connectivity index (χ0) is 19.7. The normalized spacial score (nSPS) is 21.4.